The number of carbonyl (C=O) groups excluding carboxylic acids is 1. The van der Waals surface area contributed by atoms with Crippen molar-refractivity contribution in [2.24, 2.45) is 7.05 Å². The van der Waals surface area contributed by atoms with Crippen molar-refractivity contribution in [3.05, 3.63) is 93.9 Å². The number of methoxy groups -OCH3 is 1. The van der Waals surface area contributed by atoms with Crippen LogP contribution in [0.25, 0.3) is 17.0 Å². The number of nitrogens with one attached hydrogen (secondary N) is 1. The summed E-state index contributed by atoms with van der Waals surface area (Å²) in [5, 5.41) is 5.80. The third-order valence-electron chi connectivity index (χ3n) is 7.57. The minimum absolute atomic E-state index is 0.334. The Morgan fingerprint density at radius 3 is 2.86 bits per heavy atom. The molecule has 1 atom stereocenters. The summed E-state index contributed by atoms with van der Waals surface area (Å²) in [6.07, 6.45) is 10.6. The fraction of sp³-hybridized carbons (Fsp3) is 0.333. The summed E-state index contributed by atoms with van der Waals surface area (Å²) < 4.78 is 6.69. The number of ether oxygens (including phenoxy) is 1. The van der Waals surface area contributed by atoms with Crippen LogP contribution in [0.4, 0.5) is 0 Å². The molecule has 6 nitrogen and oxygen atoms in total. The Hall–Kier alpha value is -3.64. The average molecular weight is 483 g/mol. The first-order valence-electron chi connectivity index (χ1n) is 12.6. The van der Waals surface area contributed by atoms with Gasteiger partial charge in [0.25, 0.3) is 0 Å². The SMILES string of the molecule is COC(=O)/C=C/c1ccc2c(c1)CCC2N(CCc1c[nH]c2cc(C)ccc12)Cc1cnn(C)c1C. The van der Waals surface area contributed by atoms with E-state index in [1.54, 1.807) is 0 Å². The molecule has 1 aliphatic carbocycles. The van der Waals surface area contributed by atoms with Crippen LogP contribution in [0, 0.1) is 13.8 Å². The molecule has 5 rings (SSSR count). The van der Waals surface area contributed by atoms with Crippen molar-refractivity contribution in [1.29, 1.82) is 0 Å². The monoisotopic (exact) mass is 482 g/mol. The first-order chi connectivity index (χ1) is 17.4. The third kappa shape index (κ3) is 4.86. The first-order valence-corrected chi connectivity index (χ1v) is 12.6. The molecule has 1 unspecified atom stereocenters. The van der Waals surface area contributed by atoms with E-state index in [9.17, 15) is 4.79 Å². The maximum absolute atomic E-state index is 11.5. The van der Waals surface area contributed by atoms with Crippen molar-refractivity contribution in [1.82, 2.24) is 19.7 Å². The lowest BCUT2D eigenvalue weighted by atomic mass is 10.0. The highest BCUT2D eigenvalue weighted by atomic mass is 16.5. The summed E-state index contributed by atoms with van der Waals surface area (Å²) in [5.74, 6) is -0.334. The quantitative estimate of drug-likeness (QED) is 0.268. The van der Waals surface area contributed by atoms with Gasteiger partial charge in [0, 0.05) is 60.6 Å². The molecule has 0 spiro atoms. The van der Waals surface area contributed by atoms with E-state index in [1.807, 2.05) is 24.0 Å². The minimum atomic E-state index is -0.334. The Morgan fingerprint density at radius 2 is 2.08 bits per heavy atom. The van der Waals surface area contributed by atoms with Crippen LogP contribution >= 0.6 is 0 Å². The van der Waals surface area contributed by atoms with E-state index in [4.69, 9.17) is 4.74 Å². The summed E-state index contributed by atoms with van der Waals surface area (Å²) in [4.78, 5) is 17.6. The van der Waals surface area contributed by atoms with Gasteiger partial charge in [-0.25, -0.2) is 4.79 Å². The summed E-state index contributed by atoms with van der Waals surface area (Å²) in [6.45, 7) is 6.11. The molecule has 0 aliphatic heterocycles. The zero-order valence-corrected chi connectivity index (χ0v) is 21.5. The van der Waals surface area contributed by atoms with Crippen LogP contribution in [-0.4, -0.2) is 39.3 Å². The number of aromatic nitrogens is 3. The number of carbonyl (C=O) groups is 1. The minimum Gasteiger partial charge on any atom is -0.466 e. The predicted molar refractivity (Wildman–Crippen MR) is 144 cm³/mol. The Balaban J connectivity index is 1.41. The van der Waals surface area contributed by atoms with Gasteiger partial charge in [0.05, 0.1) is 13.3 Å². The molecule has 186 valence electrons. The molecule has 0 saturated carbocycles. The van der Waals surface area contributed by atoms with Crippen LogP contribution in [-0.2, 0) is 36.0 Å². The number of hydrogen-bond acceptors (Lipinski definition) is 4. The predicted octanol–water partition coefficient (Wildman–Crippen LogP) is 5.44. The van der Waals surface area contributed by atoms with Crippen LogP contribution < -0.4 is 0 Å². The van der Waals surface area contributed by atoms with E-state index >= 15 is 0 Å². The lowest BCUT2D eigenvalue weighted by molar-refractivity contribution is -0.134. The lowest BCUT2D eigenvalue weighted by Crippen LogP contribution is -2.29. The maximum atomic E-state index is 11.5. The third-order valence-corrected chi connectivity index (χ3v) is 7.57. The van der Waals surface area contributed by atoms with Crippen LogP contribution in [0.1, 0.15) is 51.5 Å². The summed E-state index contributed by atoms with van der Waals surface area (Å²) >= 11 is 0. The van der Waals surface area contributed by atoms with Crippen molar-refractivity contribution in [2.75, 3.05) is 13.7 Å². The van der Waals surface area contributed by atoms with E-state index in [0.29, 0.717) is 6.04 Å². The average Bonchev–Trinajstić information content (AvgIpc) is 3.57. The Labute approximate surface area is 212 Å². The van der Waals surface area contributed by atoms with Crippen LogP contribution in [0.15, 0.2) is 54.9 Å². The molecule has 0 fully saturated rings. The van der Waals surface area contributed by atoms with Gasteiger partial charge in [-0.3, -0.25) is 9.58 Å². The van der Waals surface area contributed by atoms with Gasteiger partial charge in [-0.15, -0.1) is 0 Å². The Morgan fingerprint density at radius 1 is 1.22 bits per heavy atom. The molecule has 1 N–H and O–H groups in total. The fourth-order valence-electron chi connectivity index (χ4n) is 5.36. The normalized spacial score (nSPS) is 15.3. The number of H-pyrrole nitrogens is 1. The van der Waals surface area contributed by atoms with Crippen molar-refractivity contribution >= 4 is 22.9 Å². The van der Waals surface area contributed by atoms with Gasteiger partial charge in [-0.2, -0.15) is 5.10 Å². The lowest BCUT2D eigenvalue weighted by Gasteiger charge is -2.30. The first kappa shape index (κ1) is 24.1. The number of aromatic amines is 1. The molecule has 1 aliphatic rings. The van der Waals surface area contributed by atoms with E-state index in [0.717, 1.165) is 37.9 Å². The highest BCUT2D eigenvalue weighted by Gasteiger charge is 2.29. The highest BCUT2D eigenvalue weighted by Crippen LogP contribution is 2.38. The van der Waals surface area contributed by atoms with Crippen molar-refractivity contribution in [2.45, 2.75) is 45.7 Å². The molecule has 4 aromatic rings. The molecule has 0 radical (unpaired) electrons. The standard InChI is InChI=1S/C30H34N4O2/c1-20-5-9-26-24(17-31-28(26)15-20)13-14-34(19-25-18-32-33(3)21(25)2)29-11-8-23-16-22(6-10-27(23)29)7-12-30(35)36-4/h5-7,9-10,12,15-18,29,31H,8,11,13-14,19H2,1-4H3/b12-7+. The van der Waals surface area contributed by atoms with Gasteiger partial charge in [0.15, 0.2) is 0 Å². The van der Waals surface area contributed by atoms with Gasteiger partial charge in [-0.1, -0.05) is 30.3 Å². The molecule has 2 aromatic heterocycles. The van der Waals surface area contributed by atoms with Gasteiger partial charge in [-0.05, 0) is 73.1 Å². The number of benzene rings is 2. The summed E-state index contributed by atoms with van der Waals surface area (Å²) in [5.41, 5.74) is 10.1. The molecular formula is C30H34N4O2. The largest absolute Gasteiger partial charge is 0.466 e. The number of rotatable bonds is 8. The summed E-state index contributed by atoms with van der Waals surface area (Å²) in [6, 6.07) is 13.6. The molecule has 0 bridgehead atoms. The summed E-state index contributed by atoms with van der Waals surface area (Å²) in [7, 11) is 3.40. The van der Waals surface area contributed by atoms with Gasteiger partial charge < -0.3 is 9.72 Å². The molecule has 2 heterocycles. The molecular weight excluding hydrogens is 448 g/mol. The van der Waals surface area contributed by atoms with Crippen LogP contribution in [0.5, 0.6) is 0 Å². The second-order valence-electron chi connectivity index (χ2n) is 9.83. The van der Waals surface area contributed by atoms with Crippen LogP contribution in [0.3, 0.4) is 0 Å². The molecule has 36 heavy (non-hydrogen) atoms. The number of hydrogen-bond donors (Lipinski definition) is 1. The van der Waals surface area contributed by atoms with Gasteiger partial charge >= 0.3 is 5.97 Å². The zero-order valence-electron chi connectivity index (χ0n) is 21.5. The topological polar surface area (TPSA) is 63.1 Å². The Kier molecular flexibility index (Phi) is 6.79. The van der Waals surface area contributed by atoms with Crippen molar-refractivity contribution < 1.29 is 9.53 Å². The second kappa shape index (κ2) is 10.2. The van der Waals surface area contributed by atoms with Gasteiger partial charge in [0.1, 0.15) is 0 Å². The molecule has 0 saturated heterocycles. The number of esters is 1. The number of aryl methyl sites for hydroxylation is 3. The fourth-order valence-corrected chi connectivity index (χ4v) is 5.36. The van der Waals surface area contributed by atoms with Crippen molar-refractivity contribution in [3.8, 4) is 0 Å². The molecule has 0 amide bonds. The number of nitrogens with zero attached hydrogens (tertiary/aromatic N) is 3. The van der Waals surface area contributed by atoms with Crippen LogP contribution in [0.2, 0.25) is 0 Å². The molecule has 6 heteroatoms. The Bertz CT molecular complexity index is 1430. The number of fused-ring (bicyclic) bond motifs is 2. The highest BCUT2D eigenvalue weighted by molar-refractivity contribution is 5.87. The van der Waals surface area contributed by atoms with Gasteiger partial charge in [0.2, 0.25) is 0 Å². The smallest absolute Gasteiger partial charge is 0.330 e. The van der Waals surface area contributed by atoms with E-state index in [2.05, 4.69) is 71.4 Å². The van der Waals surface area contributed by atoms with E-state index < -0.39 is 0 Å². The molecule has 2 aromatic carbocycles. The maximum Gasteiger partial charge on any atom is 0.330 e. The van der Waals surface area contributed by atoms with E-state index in [1.165, 1.54) is 57.6 Å². The van der Waals surface area contributed by atoms with E-state index in [-0.39, 0.29) is 5.97 Å². The second-order valence-corrected chi connectivity index (χ2v) is 9.83. The zero-order chi connectivity index (χ0) is 25.2. The van der Waals surface area contributed by atoms with Crippen molar-refractivity contribution in [3.63, 3.8) is 0 Å².